The van der Waals surface area contributed by atoms with Crippen LogP contribution in [0, 0.1) is 13.8 Å². The Hall–Kier alpha value is -1.68. The molecule has 0 saturated heterocycles. The Bertz CT molecular complexity index is 410. The van der Waals surface area contributed by atoms with Crippen molar-refractivity contribution < 1.29 is 19.4 Å². The normalized spacial score (nSPS) is 9.94. The van der Waals surface area contributed by atoms with E-state index in [1.54, 1.807) is 26.0 Å². The third-order valence-corrected chi connectivity index (χ3v) is 2.23. The van der Waals surface area contributed by atoms with Gasteiger partial charge in [-0.05, 0) is 37.1 Å². The van der Waals surface area contributed by atoms with Crippen molar-refractivity contribution in [1.29, 1.82) is 0 Å². The van der Waals surface area contributed by atoms with Gasteiger partial charge in [0.15, 0.2) is 0 Å². The minimum atomic E-state index is -0.483. The van der Waals surface area contributed by atoms with Gasteiger partial charge >= 0.3 is 5.97 Å². The molecule has 4 nitrogen and oxygen atoms in total. The van der Waals surface area contributed by atoms with Crippen LogP contribution in [0.2, 0.25) is 0 Å². The molecule has 1 rings (SSSR count). The molecule has 1 aromatic rings. The maximum absolute atomic E-state index is 11.2. The van der Waals surface area contributed by atoms with Crippen LogP contribution in [0.5, 0.6) is 5.75 Å². The van der Waals surface area contributed by atoms with Crippen molar-refractivity contribution in [3.8, 4) is 5.75 Å². The number of hydrogen-bond donors (Lipinski definition) is 1. The Kier molecular flexibility index (Phi) is 4.19. The SMILES string of the molecule is Cc1cc(OC(=O)CCO)c(C)cc1C=O. The number of aliphatic hydroxyl groups excluding tert-OH is 1. The van der Waals surface area contributed by atoms with Gasteiger partial charge in [-0.2, -0.15) is 0 Å². The lowest BCUT2D eigenvalue weighted by molar-refractivity contribution is -0.135. The summed E-state index contributed by atoms with van der Waals surface area (Å²) in [6.45, 7) is 3.30. The van der Waals surface area contributed by atoms with E-state index in [4.69, 9.17) is 9.84 Å². The van der Waals surface area contributed by atoms with E-state index in [1.807, 2.05) is 0 Å². The minimum Gasteiger partial charge on any atom is -0.426 e. The summed E-state index contributed by atoms with van der Waals surface area (Å²) in [5, 5.41) is 8.57. The zero-order valence-corrected chi connectivity index (χ0v) is 9.32. The highest BCUT2D eigenvalue weighted by atomic mass is 16.5. The molecule has 1 aromatic carbocycles. The van der Waals surface area contributed by atoms with Crippen LogP contribution in [0.15, 0.2) is 12.1 Å². The first-order valence-corrected chi connectivity index (χ1v) is 4.96. The van der Waals surface area contributed by atoms with Crippen molar-refractivity contribution >= 4 is 12.3 Å². The van der Waals surface area contributed by atoms with Gasteiger partial charge in [0, 0.05) is 5.56 Å². The van der Waals surface area contributed by atoms with Crippen LogP contribution in [0.1, 0.15) is 27.9 Å². The number of carbonyl (C=O) groups excluding carboxylic acids is 2. The molecule has 0 heterocycles. The lowest BCUT2D eigenvalue weighted by Crippen LogP contribution is -2.10. The maximum Gasteiger partial charge on any atom is 0.313 e. The first-order valence-electron chi connectivity index (χ1n) is 4.96. The number of esters is 1. The van der Waals surface area contributed by atoms with Crippen LogP contribution in [0.25, 0.3) is 0 Å². The van der Waals surface area contributed by atoms with E-state index < -0.39 is 5.97 Å². The molecule has 0 fully saturated rings. The summed E-state index contributed by atoms with van der Waals surface area (Å²) in [6.07, 6.45) is 0.732. The van der Waals surface area contributed by atoms with Crippen LogP contribution in [0.4, 0.5) is 0 Å². The van der Waals surface area contributed by atoms with Gasteiger partial charge < -0.3 is 9.84 Å². The number of ether oxygens (including phenoxy) is 1. The Morgan fingerprint density at radius 2 is 2.06 bits per heavy atom. The number of aliphatic hydroxyl groups is 1. The number of aryl methyl sites for hydroxylation is 2. The highest BCUT2D eigenvalue weighted by molar-refractivity contribution is 5.79. The van der Waals surface area contributed by atoms with Crippen molar-refractivity contribution in [2.75, 3.05) is 6.61 Å². The van der Waals surface area contributed by atoms with Crippen LogP contribution in [-0.2, 0) is 4.79 Å². The predicted molar refractivity (Wildman–Crippen MR) is 58.6 cm³/mol. The monoisotopic (exact) mass is 222 g/mol. The van der Waals surface area contributed by atoms with Gasteiger partial charge in [-0.3, -0.25) is 9.59 Å². The fourth-order valence-corrected chi connectivity index (χ4v) is 1.31. The van der Waals surface area contributed by atoms with Gasteiger partial charge in [0.25, 0.3) is 0 Å². The zero-order valence-electron chi connectivity index (χ0n) is 9.32. The Balaban J connectivity index is 2.93. The second kappa shape index (κ2) is 5.42. The fourth-order valence-electron chi connectivity index (χ4n) is 1.31. The summed E-state index contributed by atoms with van der Waals surface area (Å²) < 4.78 is 5.05. The molecule has 1 N–H and O–H groups in total. The lowest BCUT2D eigenvalue weighted by atomic mass is 10.1. The molecule has 0 radical (unpaired) electrons. The molecule has 0 unspecified atom stereocenters. The highest BCUT2D eigenvalue weighted by Gasteiger charge is 2.09. The third kappa shape index (κ3) is 2.90. The van der Waals surface area contributed by atoms with Gasteiger partial charge in [-0.1, -0.05) is 0 Å². The molecule has 0 atom stereocenters. The molecule has 0 aromatic heterocycles. The summed E-state index contributed by atoms with van der Waals surface area (Å²) in [5.74, 6) is -0.0506. The molecular weight excluding hydrogens is 208 g/mol. The average Bonchev–Trinajstić information content (AvgIpc) is 2.23. The van der Waals surface area contributed by atoms with E-state index in [0.29, 0.717) is 11.3 Å². The van der Waals surface area contributed by atoms with E-state index >= 15 is 0 Å². The molecule has 0 saturated carbocycles. The van der Waals surface area contributed by atoms with E-state index in [1.165, 1.54) is 0 Å². The van der Waals surface area contributed by atoms with E-state index in [-0.39, 0.29) is 13.0 Å². The van der Waals surface area contributed by atoms with Crippen LogP contribution < -0.4 is 4.74 Å². The number of benzene rings is 1. The summed E-state index contributed by atoms with van der Waals surface area (Å²) in [5.41, 5.74) is 2.06. The summed E-state index contributed by atoms with van der Waals surface area (Å²) in [6, 6.07) is 3.32. The molecule has 0 aliphatic heterocycles. The van der Waals surface area contributed by atoms with Gasteiger partial charge in [-0.25, -0.2) is 0 Å². The molecular formula is C12H14O4. The minimum absolute atomic E-state index is 0.0338. The van der Waals surface area contributed by atoms with E-state index in [9.17, 15) is 9.59 Å². The van der Waals surface area contributed by atoms with Gasteiger partial charge in [0.2, 0.25) is 0 Å². The molecule has 0 spiro atoms. The molecule has 0 aliphatic rings. The molecule has 0 aliphatic carbocycles. The van der Waals surface area contributed by atoms with Crippen molar-refractivity contribution in [2.45, 2.75) is 20.3 Å². The molecule has 0 amide bonds. The quantitative estimate of drug-likeness (QED) is 0.475. The van der Waals surface area contributed by atoms with Gasteiger partial charge in [-0.15, -0.1) is 0 Å². The van der Waals surface area contributed by atoms with Crippen molar-refractivity contribution in [1.82, 2.24) is 0 Å². The van der Waals surface area contributed by atoms with Crippen molar-refractivity contribution in [2.24, 2.45) is 0 Å². The van der Waals surface area contributed by atoms with Crippen LogP contribution in [-0.4, -0.2) is 24.0 Å². The van der Waals surface area contributed by atoms with E-state index in [0.717, 1.165) is 17.4 Å². The number of rotatable bonds is 4. The van der Waals surface area contributed by atoms with Crippen LogP contribution in [0.3, 0.4) is 0 Å². The maximum atomic E-state index is 11.2. The second-order valence-electron chi connectivity index (χ2n) is 3.54. The van der Waals surface area contributed by atoms with Gasteiger partial charge in [0.05, 0.1) is 13.0 Å². The van der Waals surface area contributed by atoms with Gasteiger partial charge in [0.1, 0.15) is 12.0 Å². The Morgan fingerprint density at radius 1 is 1.38 bits per heavy atom. The fraction of sp³-hybridized carbons (Fsp3) is 0.333. The summed E-state index contributed by atoms with van der Waals surface area (Å²) >= 11 is 0. The topological polar surface area (TPSA) is 63.6 Å². The number of hydrogen-bond acceptors (Lipinski definition) is 4. The second-order valence-corrected chi connectivity index (χ2v) is 3.54. The molecule has 4 heteroatoms. The number of carbonyl (C=O) groups is 2. The Morgan fingerprint density at radius 3 is 2.62 bits per heavy atom. The summed E-state index contributed by atoms with van der Waals surface area (Å²) in [4.78, 5) is 21.9. The van der Waals surface area contributed by atoms with E-state index in [2.05, 4.69) is 0 Å². The Labute approximate surface area is 93.9 Å². The first-order chi connectivity index (χ1) is 7.58. The first kappa shape index (κ1) is 12.4. The molecule has 0 bridgehead atoms. The molecule has 16 heavy (non-hydrogen) atoms. The smallest absolute Gasteiger partial charge is 0.313 e. The number of aldehydes is 1. The zero-order chi connectivity index (χ0) is 12.1. The largest absolute Gasteiger partial charge is 0.426 e. The van der Waals surface area contributed by atoms with Crippen molar-refractivity contribution in [3.05, 3.63) is 28.8 Å². The standard InChI is InChI=1S/C12H14O4/c1-8-6-11(16-12(15)3-4-13)9(2)5-10(8)7-14/h5-7,13H,3-4H2,1-2H3. The highest BCUT2D eigenvalue weighted by Crippen LogP contribution is 2.22. The third-order valence-electron chi connectivity index (χ3n) is 2.23. The predicted octanol–water partition coefficient (Wildman–Crippen LogP) is 1.40. The van der Waals surface area contributed by atoms with Crippen LogP contribution >= 0.6 is 0 Å². The molecule has 86 valence electrons. The summed E-state index contributed by atoms with van der Waals surface area (Å²) in [7, 11) is 0. The lowest BCUT2D eigenvalue weighted by Gasteiger charge is -2.09. The average molecular weight is 222 g/mol. The van der Waals surface area contributed by atoms with Crippen molar-refractivity contribution in [3.63, 3.8) is 0 Å².